The number of rotatable bonds is 0. The highest BCUT2D eigenvalue weighted by atomic mass is 14.8. The van der Waals surface area contributed by atoms with E-state index in [4.69, 9.17) is 24.9 Å². The molecule has 5 aromatic rings. The van der Waals surface area contributed by atoms with Crippen LogP contribution in [0.4, 0.5) is 0 Å². The van der Waals surface area contributed by atoms with E-state index in [0.717, 1.165) is 95.5 Å². The quantitative estimate of drug-likeness (QED) is 0.267. The van der Waals surface area contributed by atoms with Crippen molar-refractivity contribution in [1.29, 1.82) is 0 Å². The van der Waals surface area contributed by atoms with Gasteiger partial charge in [0.1, 0.15) is 0 Å². The van der Waals surface area contributed by atoms with Crippen LogP contribution in [0.25, 0.3) is 22.8 Å². The Kier molecular flexibility index (Phi) is 5.97. The Hall–Kier alpha value is -4.25. The Morgan fingerprint density at radius 1 is 0.316 bits per heavy atom. The third-order valence-electron chi connectivity index (χ3n) is 7.60. The maximum atomic E-state index is 5.16. The molecule has 0 radical (unpaired) electrons. The van der Waals surface area contributed by atoms with E-state index in [1.54, 1.807) is 0 Å². The smallest absolute Gasteiger partial charge is 0.0889 e. The number of hydrogen-bond acceptors (Lipinski definition) is 5. The number of aromatic nitrogens is 5. The third-order valence-corrected chi connectivity index (χ3v) is 7.60. The predicted octanol–water partition coefficient (Wildman–Crippen LogP) is 5.91. The molecule has 2 aliphatic heterocycles. The fraction of sp³-hybridized carbons (Fsp3) is 0.242. The van der Waals surface area contributed by atoms with Gasteiger partial charge in [0.15, 0.2) is 0 Å². The van der Waals surface area contributed by atoms with E-state index in [0.29, 0.717) is 11.8 Å². The maximum absolute atomic E-state index is 5.16. The highest BCUT2D eigenvalue weighted by molar-refractivity contribution is 5.55. The first-order chi connectivity index (χ1) is 18.7. The summed E-state index contributed by atoms with van der Waals surface area (Å²) in [5, 5.41) is 0. The molecule has 12 bridgehead atoms. The summed E-state index contributed by atoms with van der Waals surface area (Å²) in [6.07, 6.45) is 5.16. The molecule has 5 aromatic heterocycles. The highest BCUT2D eigenvalue weighted by Crippen LogP contribution is 2.26. The van der Waals surface area contributed by atoms with Crippen molar-refractivity contribution in [3.05, 3.63) is 125 Å². The molecule has 0 atom stereocenters. The molecular weight excluding hydrogens is 466 g/mol. The lowest BCUT2D eigenvalue weighted by molar-refractivity contribution is 0.490. The molecule has 0 unspecified atom stereocenters. The second-order valence-electron chi connectivity index (χ2n) is 10.6. The average Bonchev–Trinajstić information content (AvgIpc) is 2.93. The van der Waals surface area contributed by atoms with E-state index >= 15 is 0 Å². The Labute approximate surface area is 223 Å². The molecule has 0 saturated carbocycles. The van der Waals surface area contributed by atoms with Crippen molar-refractivity contribution >= 4 is 0 Å². The summed E-state index contributed by atoms with van der Waals surface area (Å²) in [5.41, 5.74) is 10.3. The Morgan fingerprint density at radius 3 is 0.842 bits per heavy atom. The van der Waals surface area contributed by atoms with E-state index in [1.165, 1.54) is 0 Å². The fourth-order valence-corrected chi connectivity index (χ4v) is 5.91. The van der Waals surface area contributed by atoms with Crippen LogP contribution in [-0.2, 0) is 38.5 Å². The zero-order chi connectivity index (χ0) is 25.3. The van der Waals surface area contributed by atoms with Crippen LogP contribution in [0.2, 0.25) is 0 Å². The van der Waals surface area contributed by atoms with Crippen LogP contribution in [0.1, 0.15) is 34.2 Å². The molecule has 0 fully saturated rings. The van der Waals surface area contributed by atoms with Gasteiger partial charge in [-0.3, -0.25) is 24.9 Å². The van der Waals surface area contributed by atoms with Gasteiger partial charge in [-0.1, -0.05) is 30.3 Å². The molecule has 0 aromatic carbocycles. The molecule has 0 spiro atoms. The Balaban J connectivity index is 1.43. The first kappa shape index (κ1) is 22.9. The van der Waals surface area contributed by atoms with Gasteiger partial charge in [-0.25, -0.2) is 0 Å². The van der Waals surface area contributed by atoms with Crippen molar-refractivity contribution in [3.8, 4) is 22.8 Å². The zero-order valence-corrected chi connectivity index (χ0v) is 21.3. The summed E-state index contributed by atoms with van der Waals surface area (Å²) < 4.78 is 0. The van der Waals surface area contributed by atoms with Gasteiger partial charge < -0.3 is 0 Å². The summed E-state index contributed by atoms with van der Waals surface area (Å²) >= 11 is 0. The van der Waals surface area contributed by atoms with Crippen molar-refractivity contribution in [2.45, 2.75) is 38.5 Å². The van der Waals surface area contributed by atoms with Crippen LogP contribution >= 0.6 is 0 Å². The van der Waals surface area contributed by atoms with Crippen LogP contribution < -0.4 is 0 Å². The molecule has 0 N–H and O–H groups in total. The van der Waals surface area contributed by atoms with Crippen LogP contribution in [0, 0.1) is 11.8 Å². The lowest BCUT2D eigenvalue weighted by atomic mass is 9.90. The molecule has 0 saturated heterocycles. The van der Waals surface area contributed by atoms with E-state index in [1.807, 2.05) is 0 Å². The van der Waals surface area contributed by atoms with Gasteiger partial charge in [0.25, 0.3) is 0 Å². The van der Waals surface area contributed by atoms with Crippen molar-refractivity contribution < 1.29 is 0 Å². The standard InChI is InChI=1S/C33H29N5/c1-6-24-16-22-18-26-8-2-12-30(35-26)31-13-3-9-27(36-31)20-23(17-25(7-1)34-24)21-29-11-5-15-33(38-29)32-14-4-10-28(19-22)37-32/h1-15,22-23H,16-21H2. The van der Waals surface area contributed by atoms with E-state index < -0.39 is 0 Å². The van der Waals surface area contributed by atoms with Gasteiger partial charge >= 0.3 is 0 Å². The Bertz CT molecular complexity index is 1400. The third kappa shape index (κ3) is 4.97. The number of fused-ring (bicyclic) bond motifs is 12. The van der Waals surface area contributed by atoms with Crippen molar-refractivity contribution in [2.24, 2.45) is 11.8 Å². The lowest BCUT2D eigenvalue weighted by Crippen LogP contribution is -2.16. The zero-order valence-electron chi connectivity index (χ0n) is 21.3. The summed E-state index contributed by atoms with van der Waals surface area (Å²) in [7, 11) is 0. The highest BCUT2D eigenvalue weighted by Gasteiger charge is 2.20. The molecular formula is C33H29N5. The van der Waals surface area contributed by atoms with Gasteiger partial charge in [0.05, 0.1) is 22.8 Å². The minimum atomic E-state index is 0.313. The molecule has 0 aliphatic carbocycles. The Morgan fingerprint density at radius 2 is 0.553 bits per heavy atom. The van der Waals surface area contributed by atoms with Gasteiger partial charge in [-0.05, 0) is 111 Å². The van der Waals surface area contributed by atoms with E-state index in [9.17, 15) is 0 Å². The van der Waals surface area contributed by atoms with Crippen molar-refractivity contribution in [1.82, 2.24) is 24.9 Å². The van der Waals surface area contributed by atoms with Crippen LogP contribution in [0.5, 0.6) is 0 Å². The SMILES string of the molecule is c1cc2nc(c1)CC1Cc3cccc(n3)-c3cccc(n3)CC(C2)Cc2cccc(n2)-c2cccc(n2)C1. The molecule has 5 nitrogen and oxygen atoms in total. The molecule has 0 amide bonds. The number of hydrogen-bond donors (Lipinski definition) is 0. The normalized spacial score (nSPS) is 18.4. The summed E-state index contributed by atoms with van der Waals surface area (Å²) in [5.74, 6) is 0.626. The van der Waals surface area contributed by atoms with Gasteiger partial charge in [0.2, 0.25) is 0 Å². The van der Waals surface area contributed by atoms with Gasteiger partial charge in [-0.2, -0.15) is 0 Å². The molecule has 7 heterocycles. The maximum Gasteiger partial charge on any atom is 0.0889 e. The van der Waals surface area contributed by atoms with Crippen LogP contribution in [0.15, 0.2) is 91.0 Å². The molecule has 2 aliphatic rings. The molecule has 186 valence electrons. The summed E-state index contributed by atoms with van der Waals surface area (Å²) in [6.45, 7) is 0. The van der Waals surface area contributed by atoms with Gasteiger partial charge in [-0.15, -0.1) is 0 Å². The molecule has 38 heavy (non-hydrogen) atoms. The number of pyridine rings is 5. The molecule has 7 rings (SSSR count). The van der Waals surface area contributed by atoms with E-state index in [-0.39, 0.29) is 0 Å². The van der Waals surface area contributed by atoms with E-state index in [2.05, 4.69) is 91.0 Å². The minimum absolute atomic E-state index is 0.313. The van der Waals surface area contributed by atoms with Crippen LogP contribution in [-0.4, -0.2) is 24.9 Å². The second-order valence-corrected chi connectivity index (χ2v) is 10.6. The number of nitrogens with zero attached hydrogens (tertiary/aromatic N) is 5. The fourth-order valence-electron chi connectivity index (χ4n) is 5.91. The average molecular weight is 496 g/mol. The summed E-state index contributed by atoms with van der Waals surface area (Å²) in [6, 6.07) is 31.8. The largest absolute Gasteiger partial charge is 0.258 e. The second kappa shape index (κ2) is 9.90. The topological polar surface area (TPSA) is 64.5 Å². The molecule has 5 heteroatoms. The first-order valence-electron chi connectivity index (χ1n) is 13.5. The van der Waals surface area contributed by atoms with Crippen molar-refractivity contribution in [2.75, 3.05) is 0 Å². The first-order valence-corrected chi connectivity index (χ1v) is 13.5. The van der Waals surface area contributed by atoms with Crippen LogP contribution in [0.3, 0.4) is 0 Å². The summed E-state index contributed by atoms with van der Waals surface area (Å²) in [4.78, 5) is 25.4. The minimum Gasteiger partial charge on any atom is -0.258 e. The lowest BCUT2D eigenvalue weighted by Gasteiger charge is -2.18. The van der Waals surface area contributed by atoms with Gasteiger partial charge in [0, 0.05) is 34.2 Å². The monoisotopic (exact) mass is 495 g/mol. The van der Waals surface area contributed by atoms with Crippen molar-refractivity contribution in [3.63, 3.8) is 0 Å². The predicted molar refractivity (Wildman–Crippen MR) is 148 cm³/mol.